The highest BCUT2D eigenvalue weighted by Gasteiger charge is 2.41. The standard InChI is InChI=1S/C9H16O2/c1-9(2)10-7-5-3-4-6-8(7)11-9/h7-8H,3-6H2,1-2H3/t7-,8-/m1/s1/i3D2,8D. The molecule has 0 aromatic carbocycles. The predicted molar refractivity (Wildman–Crippen MR) is 42.3 cm³/mol. The van der Waals surface area contributed by atoms with Crippen LogP contribution in [-0.2, 0) is 9.47 Å². The van der Waals surface area contributed by atoms with Gasteiger partial charge in [0.25, 0.3) is 0 Å². The van der Waals surface area contributed by atoms with Gasteiger partial charge in [0.05, 0.1) is 13.6 Å². The molecule has 0 spiro atoms. The molecule has 1 aliphatic carbocycles. The van der Waals surface area contributed by atoms with Crippen molar-refractivity contribution in [2.75, 3.05) is 0 Å². The lowest BCUT2D eigenvalue weighted by Gasteiger charge is -2.21. The molecular weight excluding hydrogens is 140 g/mol. The van der Waals surface area contributed by atoms with E-state index < -0.39 is 24.3 Å². The first-order valence-corrected chi connectivity index (χ1v) is 4.11. The molecule has 1 heterocycles. The molecule has 0 unspecified atom stereocenters. The van der Waals surface area contributed by atoms with Crippen molar-refractivity contribution in [1.82, 2.24) is 0 Å². The third kappa shape index (κ3) is 1.42. The van der Waals surface area contributed by atoms with Gasteiger partial charge in [-0.15, -0.1) is 0 Å². The Bertz CT molecular complexity index is 254. The fraction of sp³-hybridized carbons (Fsp3) is 1.00. The molecule has 0 N–H and O–H groups in total. The van der Waals surface area contributed by atoms with Crippen LogP contribution in [0.15, 0.2) is 0 Å². The van der Waals surface area contributed by atoms with Crippen molar-refractivity contribution in [3.63, 3.8) is 0 Å². The van der Waals surface area contributed by atoms with Gasteiger partial charge in [0.1, 0.15) is 0 Å². The second kappa shape index (κ2) is 2.46. The SMILES string of the molecule is [2H]C1([2H])CC[C@@]2([2H])OC(C)(C)O[C@@H]2C1. The molecule has 0 bridgehead atoms. The summed E-state index contributed by atoms with van der Waals surface area (Å²) in [5, 5.41) is 0. The fourth-order valence-electron chi connectivity index (χ4n) is 1.63. The highest BCUT2D eigenvalue weighted by Crippen LogP contribution is 2.36. The van der Waals surface area contributed by atoms with Gasteiger partial charge in [-0.05, 0) is 26.7 Å². The highest BCUT2D eigenvalue weighted by molar-refractivity contribution is 4.84. The predicted octanol–water partition coefficient (Wildman–Crippen LogP) is 2.08. The average molecular weight is 159 g/mol. The van der Waals surface area contributed by atoms with Gasteiger partial charge in [0, 0.05) is 2.74 Å². The third-order valence-electron chi connectivity index (χ3n) is 2.04. The van der Waals surface area contributed by atoms with Crippen molar-refractivity contribution in [3.8, 4) is 0 Å². The molecule has 2 nitrogen and oxygen atoms in total. The third-order valence-corrected chi connectivity index (χ3v) is 2.04. The number of ether oxygens (including phenoxy) is 2. The first-order valence-electron chi connectivity index (χ1n) is 5.61. The normalized spacial score (nSPS) is 57.3. The maximum Gasteiger partial charge on any atom is 0.163 e. The topological polar surface area (TPSA) is 18.5 Å². The van der Waals surface area contributed by atoms with E-state index in [4.69, 9.17) is 13.6 Å². The van der Waals surface area contributed by atoms with Crippen LogP contribution in [0, 0.1) is 0 Å². The largest absolute Gasteiger partial charge is 0.345 e. The van der Waals surface area contributed by atoms with Crippen LogP contribution in [0.5, 0.6) is 0 Å². The Kier molecular flexibility index (Phi) is 1.08. The van der Waals surface area contributed by atoms with Gasteiger partial charge in [-0.25, -0.2) is 0 Å². The molecule has 0 amide bonds. The molecular formula is C9H16O2. The minimum Gasteiger partial charge on any atom is -0.345 e. The van der Waals surface area contributed by atoms with E-state index in [-0.39, 0.29) is 6.42 Å². The fourth-order valence-corrected chi connectivity index (χ4v) is 1.63. The minimum atomic E-state index is -1.21. The lowest BCUT2D eigenvalue weighted by atomic mass is 9.95. The lowest BCUT2D eigenvalue weighted by Crippen LogP contribution is -2.25. The Hall–Kier alpha value is -0.0800. The lowest BCUT2D eigenvalue weighted by molar-refractivity contribution is -0.145. The smallest absolute Gasteiger partial charge is 0.163 e. The van der Waals surface area contributed by atoms with E-state index in [2.05, 4.69) is 0 Å². The molecule has 2 rings (SSSR count). The van der Waals surface area contributed by atoms with Gasteiger partial charge in [0.15, 0.2) is 5.79 Å². The van der Waals surface area contributed by atoms with E-state index in [0.29, 0.717) is 12.8 Å². The Labute approximate surface area is 72.1 Å². The molecule has 1 aliphatic heterocycles. The molecule has 2 heteroatoms. The summed E-state index contributed by atoms with van der Waals surface area (Å²) >= 11 is 0. The molecule has 1 saturated heterocycles. The van der Waals surface area contributed by atoms with Crippen LogP contribution < -0.4 is 0 Å². The molecule has 0 radical (unpaired) electrons. The summed E-state index contributed by atoms with van der Waals surface area (Å²) in [6.45, 7) is 3.55. The van der Waals surface area contributed by atoms with E-state index in [1.807, 2.05) is 0 Å². The van der Waals surface area contributed by atoms with Crippen LogP contribution in [0.3, 0.4) is 0 Å². The molecule has 64 valence electrons. The summed E-state index contributed by atoms with van der Waals surface area (Å²) in [6, 6.07) is 0. The zero-order chi connectivity index (χ0) is 10.6. The quantitative estimate of drug-likeness (QED) is 0.538. The van der Waals surface area contributed by atoms with Crippen molar-refractivity contribution in [1.29, 1.82) is 0 Å². The minimum absolute atomic E-state index is 0.264. The summed E-state index contributed by atoms with van der Waals surface area (Å²) < 4.78 is 34.4. The van der Waals surface area contributed by atoms with E-state index in [1.165, 1.54) is 0 Å². The van der Waals surface area contributed by atoms with Gasteiger partial charge in [-0.3, -0.25) is 0 Å². The number of hydrogen-bond donors (Lipinski definition) is 0. The van der Waals surface area contributed by atoms with Crippen LogP contribution in [0.4, 0.5) is 0 Å². The number of fused-ring (bicyclic) bond motifs is 1. The average Bonchev–Trinajstić information content (AvgIpc) is 2.17. The first-order chi connectivity index (χ1) is 6.23. The summed E-state index contributed by atoms with van der Waals surface area (Å²) in [6.07, 6.45) is -1.62. The van der Waals surface area contributed by atoms with Crippen LogP contribution in [0.1, 0.15) is 43.6 Å². The first kappa shape index (κ1) is 4.83. The Morgan fingerprint density at radius 2 is 2.27 bits per heavy atom. The van der Waals surface area contributed by atoms with Gasteiger partial charge in [-0.2, -0.15) is 0 Å². The Morgan fingerprint density at radius 3 is 3.09 bits per heavy atom. The molecule has 2 aliphatic rings. The van der Waals surface area contributed by atoms with Crippen LogP contribution >= 0.6 is 0 Å². The van der Waals surface area contributed by atoms with Gasteiger partial charge in [-0.1, -0.05) is 12.8 Å². The van der Waals surface area contributed by atoms with Crippen molar-refractivity contribution in [2.45, 2.75) is 57.5 Å². The van der Waals surface area contributed by atoms with E-state index in [1.54, 1.807) is 13.8 Å². The molecule has 2 atom stereocenters. The summed E-state index contributed by atoms with van der Waals surface area (Å²) in [4.78, 5) is 0. The van der Waals surface area contributed by atoms with Gasteiger partial charge in [0.2, 0.25) is 0 Å². The van der Waals surface area contributed by atoms with Gasteiger partial charge >= 0.3 is 0 Å². The van der Waals surface area contributed by atoms with Crippen molar-refractivity contribution in [2.24, 2.45) is 0 Å². The van der Waals surface area contributed by atoms with Crippen LogP contribution in [0.2, 0.25) is 0 Å². The van der Waals surface area contributed by atoms with Gasteiger partial charge < -0.3 is 9.47 Å². The van der Waals surface area contributed by atoms with E-state index in [9.17, 15) is 0 Å². The van der Waals surface area contributed by atoms with Crippen molar-refractivity contribution in [3.05, 3.63) is 0 Å². The monoisotopic (exact) mass is 159 g/mol. The highest BCUT2D eigenvalue weighted by atomic mass is 16.7. The van der Waals surface area contributed by atoms with E-state index >= 15 is 0 Å². The Morgan fingerprint density at radius 1 is 1.45 bits per heavy atom. The molecule has 11 heavy (non-hydrogen) atoms. The molecule has 2 fully saturated rings. The summed E-state index contributed by atoms with van der Waals surface area (Å²) in [5.41, 5.74) is 0. The number of hydrogen-bond acceptors (Lipinski definition) is 2. The second-order valence-electron chi connectivity index (χ2n) is 3.53. The van der Waals surface area contributed by atoms with Crippen LogP contribution in [0.25, 0.3) is 0 Å². The van der Waals surface area contributed by atoms with Crippen molar-refractivity contribution < 1.29 is 13.6 Å². The maximum atomic E-state index is 8.06. The maximum absolute atomic E-state index is 8.06. The van der Waals surface area contributed by atoms with Crippen LogP contribution in [-0.4, -0.2) is 18.0 Å². The molecule has 1 saturated carbocycles. The zero-order valence-electron chi connectivity index (χ0n) is 10.0. The Balaban J connectivity index is 2.18. The van der Waals surface area contributed by atoms with E-state index in [0.717, 1.165) is 0 Å². The number of rotatable bonds is 0. The summed E-state index contributed by atoms with van der Waals surface area (Å²) in [7, 11) is 0. The van der Waals surface area contributed by atoms with Crippen molar-refractivity contribution >= 4 is 0 Å². The second-order valence-corrected chi connectivity index (χ2v) is 3.53. The summed E-state index contributed by atoms with van der Waals surface area (Å²) in [5.74, 6) is -0.743. The molecule has 0 aromatic rings. The zero-order valence-corrected chi connectivity index (χ0v) is 7.02. The molecule has 0 aromatic heterocycles.